The van der Waals surface area contributed by atoms with E-state index in [9.17, 15) is 24.3 Å². The van der Waals surface area contributed by atoms with Crippen LogP contribution in [0.1, 0.15) is 85.1 Å². The predicted octanol–water partition coefficient (Wildman–Crippen LogP) is 6.64. The van der Waals surface area contributed by atoms with Crippen LogP contribution in [-0.4, -0.2) is 70.2 Å². The minimum atomic E-state index is -1.15. The van der Waals surface area contributed by atoms with E-state index in [0.717, 1.165) is 62.1 Å². The van der Waals surface area contributed by atoms with Gasteiger partial charge in [0.05, 0.1) is 55.1 Å². The van der Waals surface area contributed by atoms with Crippen LogP contribution < -0.4 is 0 Å². The Bertz CT molecular complexity index is 2340. The summed E-state index contributed by atoms with van der Waals surface area (Å²) in [6.45, 7) is 9.91. The number of hydrogen-bond donors (Lipinski definition) is 3. The molecule has 6 rings (SSSR count). The Balaban J connectivity index is 1.77. The van der Waals surface area contributed by atoms with Crippen LogP contribution in [0.25, 0.3) is 38.8 Å². The summed E-state index contributed by atoms with van der Waals surface area (Å²) < 4.78 is 15.4. The molecule has 12 heteroatoms. The van der Waals surface area contributed by atoms with E-state index >= 15 is 0 Å². The van der Waals surface area contributed by atoms with Crippen molar-refractivity contribution < 1.29 is 38.5 Å². The predicted molar refractivity (Wildman–Crippen MR) is 200 cm³/mol. The number of fused-ring (bicyclic) bond motifs is 11. The first-order valence-electron chi connectivity index (χ1n) is 17.6. The first kappa shape index (κ1) is 37.0. The maximum absolute atomic E-state index is 13.7. The summed E-state index contributed by atoms with van der Waals surface area (Å²) in [6.07, 6.45) is 4.84. The van der Waals surface area contributed by atoms with Crippen molar-refractivity contribution in [1.82, 2.24) is 19.9 Å². The Labute approximate surface area is 307 Å². The number of nitrogens with one attached hydrogen (secondary N) is 2. The Hall–Kier alpha value is -5.78. The summed E-state index contributed by atoms with van der Waals surface area (Å²) in [5.41, 5.74) is 10.8. The van der Waals surface area contributed by atoms with Crippen molar-refractivity contribution in [3.8, 4) is 0 Å². The molecule has 0 fully saturated rings. The number of rotatable bonds is 9. The number of carboxylic acids is 1. The number of carbonyl (C=O) groups excluding carboxylic acids is 3. The van der Waals surface area contributed by atoms with Gasteiger partial charge in [-0.1, -0.05) is 19.1 Å². The number of carboxylic acid groups (broad SMARTS) is 1. The third-order valence-electron chi connectivity index (χ3n) is 10.9. The van der Waals surface area contributed by atoms with Crippen molar-refractivity contribution in [3.63, 3.8) is 0 Å². The number of aromatic amines is 2. The number of H-pyrrole nitrogens is 2. The number of aromatic nitrogens is 4. The standard InChI is InChI=1S/C41H44N4O8/c1-9-23-20(2)29-17-34-27-13-10-26(39(49)52-7)38(40(50)53-8)41(27,5)35(45-34)19-30-22(4)25(12-15-37(48)51-6)33(44-30)18-32-24(11-14-36(46)47)21(3)28(43-32)16-31(23)42-29/h10,13,16-19,38,42,44H,9,11-12,14-15H2,1-8H3,(H,46,47)/t38-,41+/m0/s1. The van der Waals surface area contributed by atoms with Crippen molar-refractivity contribution in [1.29, 1.82) is 0 Å². The van der Waals surface area contributed by atoms with Gasteiger partial charge in [-0.2, -0.15) is 0 Å². The number of carbonyl (C=O) groups is 4. The maximum atomic E-state index is 13.7. The van der Waals surface area contributed by atoms with Crippen LogP contribution in [0.15, 0.2) is 42.0 Å². The van der Waals surface area contributed by atoms with Crippen LogP contribution in [0, 0.1) is 19.8 Å². The lowest BCUT2D eigenvalue weighted by atomic mass is 9.64. The number of esters is 3. The lowest BCUT2D eigenvalue weighted by Gasteiger charge is -2.36. The average Bonchev–Trinajstić information content (AvgIpc) is 3.79. The highest BCUT2D eigenvalue weighted by atomic mass is 16.5. The first-order valence-corrected chi connectivity index (χ1v) is 17.6. The number of aliphatic carboxylic acids is 1. The third-order valence-corrected chi connectivity index (χ3v) is 10.9. The van der Waals surface area contributed by atoms with Gasteiger partial charge in [-0.3, -0.25) is 19.4 Å². The van der Waals surface area contributed by atoms with Gasteiger partial charge in [-0.15, -0.1) is 0 Å². The molecule has 0 spiro atoms. The van der Waals surface area contributed by atoms with E-state index in [4.69, 9.17) is 24.2 Å². The molecule has 5 heterocycles. The molecule has 3 aromatic rings. The fraction of sp³-hybridized carbons (Fsp3) is 0.366. The fourth-order valence-electron chi connectivity index (χ4n) is 7.91. The first-order chi connectivity index (χ1) is 25.3. The smallest absolute Gasteiger partial charge is 0.334 e. The molecule has 3 aliphatic rings. The van der Waals surface area contributed by atoms with Crippen molar-refractivity contribution in [3.05, 3.63) is 87.0 Å². The van der Waals surface area contributed by atoms with Crippen molar-refractivity contribution in [2.24, 2.45) is 5.92 Å². The SMILES string of the molecule is CCc1c(C)c2cc3nc(cc4[nH]c(cc5nc(cc1[nH]2)C(C)=C5CCC(=O)O)c(CCC(=O)OC)c4C)[C@@]1(C)C3=CC=C(C(=O)OC)[C@H]1C(=O)OC. The number of methoxy groups -OCH3 is 3. The Morgan fingerprint density at radius 3 is 2.06 bits per heavy atom. The fourth-order valence-corrected chi connectivity index (χ4v) is 7.91. The molecular weight excluding hydrogens is 676 g/mol. The second-order valence-corrected chi connectivity index (χ2v) is 13.7. The highest BCUT2D eigenvalue weighted by Crippen LogP contribution is 2.52. The number of aryl methyl sites for hydroxylation is 4. The molecule has 3 aromatic heterocycles. The zero-order valence-electron chi connectivity index (χ0n) is 31.3. The summed E-state index contributed by atoms with van der Waals surface area (Å²) in [4.78, 5) is 68.3. The molecule has 0 aromatic carbocycles. The van der Waals surface area contributed by atoms with Crippen LogP contribution in [0.2, 0.25) is 0 Å². The molecule has 0 amide bonds. The van der Waals surface area contributed by atoms with Gasteiger partial charge < -0.3 is 29.3 Å². The lowest BCUT2D eigenvalue weighted by molar-refractivity contribution is -0.149. The Morgan fingerprint density at radius 2 is 1.42 bits per heavy atom. The minimum Gasteiger partial charge on any atom is -0.481 e. The Kier molecular flexibility index (Phi) is 10.0. The van der Waals surface area contributed by atoms with Gasteiger partial charge in [0, 0.05) is 34.9 Å². The molecular formula is C41H44N4O8. The van der Waals surface area contributed by atoms with E-state index in [1.165, 1.54) is 21.3 Å². The molecule has 2 aliphatic heterocycles. The number of hydrogen-bond acceptors (Lipinski definition) is 9. The molecule has 12 nitrogen and oxygen atoms in total. The van der Waals surface area contributed by atoms with E-state index < -0.39 is 29.2 Å². The van der Waals surface area contributed by atoms with E-state index in [-0.39, 0.29) is 30.8 Å². The van der Waals surface area contributed by atoms with Gasteiger partial charge in [-0.05, 0) is 110 Å². The quantitative estimate of drug-likeness (QED) is 0.161. The summed E-state index contributed by atoms with van der Waals surface area (Å²) in [7, 11) is 3.91. The molecule has 8 bridgehead atoms. The molecule has 3 N–H and O–H groups in total. The molecule has 53 heavy (non-hydrogen) atoms. The van der Waals surface area contributed by atoms with E-state index in [1.807, 2.05) is 58.0 Å². The van der Waals surface area contributed by atoms with Gasteiger partial charge in [0.25, 0.3) is 0 Å². The highest BCUT2D eigenvalue weighted by molar-refractivity contribution is 6.02. The van der Waals surface area contributed by atoms with Crippen LogP contribution in [0.4, 0.5) is 0 Å². The lowest BCUT2D eigenvalue weighted by Crippen LogP contribution is -2.42. The third kappa shape index (κ3) is 6.36. The number of nitrogens with zero attached hydrogens (tertiary/aromatic N) is 2. The molecule has 2 atom stereocenters. The zero-order valence-corrected chi connectivity index (χ0v) is 31.3. The normalized spacial score (nSPS) is 17.8. The highest BCUT2D eigenvalue weighted by Gasteiger charge is 2.53. The van der Waals surface area contributed by atoms with Gasteiger partial charge in [0.1, 0.15) is 5.92 Å². The minimum absolute atomic E-state index is 0.0675. The van der Waals surface area contributed by atoms with Gasteiger partial charge >= 0.3 is 23.9 Å². The summed E-state index contributed by atoms with van der Waals surface area (Å²) in [6, 6.07) is 7.75. The van der Waals surface area contributed by atoms with Gasteiger partial charge in [0.15, 0.2) is 0 Å². The second kappa shape index (κ2) is 14.3. The molecule has 0 radical (unpaired) electrons. The average molecular weight is 721 g/mol. The van der Waals surface area contributed by atoms with Crippen molar-refractivity contribution in [2.45, 2.75) is 72.1 Å². The van der Waals surface area contributed by atoms with Crippen LogP contribution in [0.3, 0.4) is 0 Å². The largest absolute Gasteiger partial charge is 0.481 e. The van der Waals surface area contributed by atoms with E-state index in [2.05, 4.69) is 16.9 Å². The van der Waals surface area contributed by atoms with Crippen molar-refractivity contribution in [2.75, 3.05) is 21.3 Å². The topological polar surface area (TPSA) is 174 Å². The monoisotopic (exact) mass is 720 g/mol. The van der Waals surface area contributed by atoms with Crippen LogP contribution >= 0.6 is 0 Å². The van der Waals surface area contributed by atoms with E-state index in [0.29, 0.717) is 34.5 Å². The van der Waals surface area contributed by atoms with Gasteiger partial charge in [0.2, 0.25) is 0 Å². The molecule has 0 saturated carbocycles. The molecule has 0 saturated heterocycles. The summed E-state index contributed by atoms with van der Waals surface area (Å²) >= 11 is 0. The molecule has 1 aliphatic carbocycles. The maximum Gasteiger partial charge on any atom is 0.334 e. The summed E-state index contributed by atoms with van der Waals surface area (Å²) in [5.74, 6) is -3.60. The van der Waals surface area contributed by atoms with E-state index in [1.54, 1.807) is 6.08 Å². The van der Waals surface area contributed by atoms with Crippen molar-refractivity contribution >= 4 is 62.7 Å². The van der Waals surface area contributed by atoms with Gasteiger partial charge in [-0.25, -0.2) is 9.78 Å². The second-order valence-electron chi connectivity index (χ2n) is 13.7. The Morgan fingerprint density at radius 1 is 0.774 bits per heavy atom. The van der Waals surface area contributed by atoms with Crippen LogP contribution in [-0.2, 0) is 51.6 Å². The van der Waals surface area contributed by atoms with Crippen LogP contribution in [0.5, 0.6) is 0 Å². The molecule has 0 unspecified atom stereocenters. The number of allylic oxidation sites excluding steroid dienone is 5. The summed E-state index contributed by atoms with van der Waals surface area (Å²) in [5, 5.41) is 9.62. The molecule has 276 valence electrons. The zero-order chi connectivity index (χ0) is 38.4. The number of ether oxygens (including phenoxy) is 3.